The zero-order chi connectivity index (χ0) is 13.2. The third-order valence-corrected chi connectivity index (χ3v) is 4.50. The summed E-state index contributed by atoms with van der Waals surface area (Å²) in [7, 11) is 0. The molecular formula is C12H12BrN3O2S. The van der Waals surface area contributed by atoms with E-state index in [0.29, 0.717) is 17.4 Å². The van der Waals surface area contributed by atoms with E-state index in [2.05, 4.69) is 26.1 Å². The van der Waals surface area contributed by atoms with E-state index in [9.17, 15) is 0 Å². The topological polar surface area (TPSA) is 74.2 Å². The van der Waals surface area contributed by atoms with E-state index in [-0.39, 0.29) is 6.10 Å². The molecule has 100 valence electrons. The highest BCUT2D eigenvalue weighted by atomic mass is 79.9. The van der Waals surface area contributed by atoms with Gasteiger partial charge in [0.05, 0.1) is 6.61 Å². The van der Waals surface area contributed by atoms with Crippen molar-refractivity contribution in [3.63, 3.8) is 0 Å². The maximum Gasteiger partial charge on any atom is 0.258 e. The van der Waals surface area contributed by atoms with Crippen LogP contribution in [0.15, 0.2) is 27.2 Å². The highest BCUT2D eigenvalue weighted by molar-refractivity contribution is 9.10. The number of ether oxygens (including phenoxy) is 1. The highest BCUT2D eigenvalue weighted by Gasteiger charge is 2.22. The normalized spacial score (nSPS) is 19.5. The lowest BCUT2D eigenvalue weighted by Crippen LogP contribution is -2.16. The van der Waals surface area contributed by atoms with Crippen LogP contribution in [-0.4, -0.2) is 28.3 Å². The summed E-state index contributed by atoms with van der Waals surface area (Å²) in [5.41, 5.74) is 7.29. The van der Waals surface area contributed by atoms with E-state index >= 15 is 0 Å². The van der Waals surface area contributed by atoms with Gasteiger partial charge in [-0.25, -0.2) is 0 Å². The van der Waals surface area contributed by atoms with E-state index < -0.39 is 0 Å². The first kappa shape index (κ1) is 13.0. The van der Waals surface area contributed by atoms with Gasteiger partial charge in [0.1, 0.15) is 6.10 Å². The predicted molar refractivity (Wildman–Crippen MR) is 77.9 cm³/mol. The Kier molecular flexibility index (Phi) is 3.76. The van der Waals surface area contributed by atoms with Crippen LogP contribution in [0.2, 0.25) is 0 Å². The van der Waals surface area contributed by atoms with Crippen molar-refractivity contribution in [2.75, 3.05) is 23.8 Å². The minimum absolute atomic E-state index is 0.0796. The molecule has 1 aliphatic heterocycles. The fourth-order valence-electron chi connectivity index (χ4n) is 1.80. The number of hydrogen-bond donors (Lipinski definition) is 1. The number of nitrogen functional groups attached to an aromatic ring is 1. The zero-order valence-corrected chi connectivity index (χ0v) is 12.4. The lowest BCUT2D eigenvalue weighted by Gasteiger charge is -2.18. The number of nitrogens with zero attached hydrogens (tertiary/aromatic N) is 2. The van der Waals surface area contributed by atoms with Crippen LogP contribution in [0.3, 0.4) is 0 Å². The predicted octanol–water partition coefficient (Wildman–Crippen LogP) is 2.89. The number of halogens is 1. The van der Waals surface area contributed by atoms with Gasteiger partial charge in [-0.1, -0.05) is 5.16 Å². The third kappa shape index (κ3) is 2.77. The van der Waals surface area contributed by atoms with Crippen molar-refractivity contribution in [2.24, 2.45) is 0 Å². The second kappa shape index (κ2) is 5.52. The van der Waals surface area contributed by atoms with E-state index in [1.807, 2.05) is 23.9 Å². The number of rotatable bonds is 2. The molecule has 0 saturated carbocycles. The molecule has 0 bridgehead atoms. The minimum atomic E-state index is -0.0796. The summed E-state index contributed by atoms with van der Waals surface area (Å²) in [5, 5.41) is 3.99. The fraction of sp³-hybridized carbons (Fsp3) is 0.333. The van der Waals surface area contributed by atoms with E-state index in [1.54, 1.807) is 6.07 Å². The Morgan fingerprint density at radius 2 is 2.32 bits per heavy atom. The number of anilines is 1. The van der Waals surface area contributed by atoms with Gasteiger partial charge in [-0.05, 0) is 34.1 Å². The summed E-state index contributed by atoms with van der Waals surface area (Å²) in [5.74, 6) is 2.95. The van der Waals surface area contributed by atoms with Gasteiger partial charge < -0.3 is 15.0 Å². The quantitative estimate of drug-likeness (QED) is 0.846. The molecule has 2 aromatic rings. The Bertz CT molecular complexity index is 584. The summed E-state index contributed by atoms with van der Waals surface area (Å²) in [6.07, 6.45) is -0.0796. The number of nitrogens with two attached hydrogens (primary N) is 1. The summed E-state index contributed by atoms with van der Waals surface area (Å²) >= 11 is 5.19. The Morgan fingerprint density at radius 1 is 1.42 bits per heavy atom. The van der Waals surface area contributed by atoms with Gasteiger partial charge in [-0.2, -0.15) is 16.7 Å². The fourth-order valence-corrected chi connectivity index (χ4v) is 2.88. The van der Waals surface area contributed by atoms with Crippen molar-refractivity contribution in [1.82, 2.24) is 10.1 Å². The van der Waals surface area contributed by atoms with Crippen LogP contribution in [0.4, 0.5) is 5.69 Å². The molecule has 1 atom stereocenters. The lowest BCUT2D eigenvalue weighted by atomic mass is 10.2. The molecule has 1 aromatic carbocycles. The number of hydrogen-bond acceptors (Lipinski definition) is 6. The smallest absolute Gasteiger partial charge is 0.258 e. The van der Waals surface area contributed by atoms with Crippen LogP contribution in [0.5, 0.6) is 0 Å². The number of aromatic nitrogens is 2. The van der Waals surface area contributed by atoms with Gasteiger partial charge in [0.25, 0.3) is 5.89 Å². The first-order chi connectivity index (χ1) is 9.24. The lowest BCUT2D eigenvalue weighted by molar-refractivity contribution is 0.0677. The van der Waals surface area contributed by atoms with Crippen molar-refractivity contribution in [3.8, 4) is 11.5 Å². The van der Waals surface area contributed by atoms with Gasteiger partial charge in [0, 0.05) is 27.2 Å². The van der Waals surface area contributed by atoms with Crippen molar-refractivity contribution in [1.29, 1.82) is 0 Å². The first-order valence-corrected chi connectivity index (χ1v) is 7.77. The molecule has 2 N–H and O–H groups in total. The van der Waals surface area contributed by atoms with Gasteiger partial charge in [0.2, 0.25) is 5.82 Å². The molecular weight excluding hydrogens is 330 g/mol. The molecule has 0 amide bonds. The van der Waals surface area contributed by atoms with Gasteiger partial charge >= 0.3 is 0 Å². The van der Waals surface area contributed by atoms with Crippen LogP contribution in [0.25, 0.3) is 11.5 Å². The Morgan fingerprint density at radius 3 is 3.05 bits per heavy atom. The van der Waals surface area contributed by atoms with Crippen LogP contribution < -0.4 is 5.73 Å². The van der Waals surface area contributed by atoms with Crippen LogP contribution in [0, 0.1) is 0 Å². The molecule has 0 aliphatic carbocycles. The molecule has 1 fully saturated rings. The van der Waals surface area contributed by atoms with Crippen LogP contribution >= 0.6 is 27.7 Å². The van der Waals surface area contributed by atoms with Crippen molar-refractivity contribution >= 4 is 33.4 Å². The van der Waals surface area contributed by atoms with E-state index in [1.165, 1.54) is 0 Å². The summed E-state index contributed by atoms with van der Waals surface area (Å²) in [6, 6.07) is 5.55. The third-order valence-electron chi connectivity index (χ3n) is 2.79. The summed E-state index contributed by atoms with van der Waals surface area (Å²) in [4.78, 5) is 4.39. The van der Waals surface area contributed by atoms with Crippen molar-refractivity contribution in [2.45, 2.75) is 6.10 Å². The molecule has 1 saturated heterocycles. The zero-order valence-electron chi connectivity index (χ0n) is 10.0. The van der Waals surface area contributed by atoms with Crippen molar-refractivity contribution in [3.05, 3.63) is 28.5 Å². The Hall–Kier alpha value is -1.05. The van der Waals surface area contributed by atoms with Crippen LogP contribution in [-0.2, 0) is 4.74 Å². The van der Waals surface area contributed by atoms with Crippen LogP contribution in [0.1, 0.15) is 11.9 Å². The molecule has 1 aromatic heterocycles. The monoisotopic (exact) mass is 341 g/mol. The Balaban J connectivity index is 1.85. The molecule has 2 heterocycles. The minimum Gasteiger partial charge on any atom is -0.398 e. The molecule has 3 rings (SSSR count). The second-order valence-corrected chi connectivity index (χ2v) is 6.13. The molecule has 7 heteroatoms. The maximum absolute atomic E-state index is 5.84. The molecule has 0 radical (unpaired) electrons. The largest absolute Gasteiger partial charge is 0.398 e. The van der Waals surface area contributed by atoms with Gasteiger partial charge in [-0.3, -0.25) is 0 Å². The SMILES string of the molecule is Nc1cc(-c2nc(C3CSCCO3)no2)ccc1Br. The standard InChI is InChI=1S/C12H12BrN3O2S/c13-8-2-1-7(5-9(8)14)12-15-11(16-18-12)10-6-19-4-3-17-10/h1-2,5,10H,3-4,6,14H2. The summed E-state index contributed by atoms with van der Waals surface area (Å²) < 4.78 is 11.7. The first-order valence-electron chi connectivity index (χ1n) is 5.82. The van der Waals surface area contributed by atoms with Gasteiger partial charge in [-0.15, -0.1) is 0 Å². The second-order valence-electron chi connectivity index (χ2n) is 4.13. The highest BCUT2D eigenvalue weighted by Crippen LogP contribution is 2.29. The molecule has 1 aliphatic rings. The van der Waals surface area contributed by atoms with E-state index in [0.717, 1.165) is 28.1 Å². The maximum atomic E-state index is 5.84. The van der Waals surface area contributed by atoms with Gasteiger partial charge in [0.15, 0.2) is 0 Å². The molecule has 0 spiro atoms. The number of benzene rings is 1. The molecule has 5 nitrogen and oxygen atoms in total. The average Bonchev–Trinajstić information content (AvgIpc) is 2.93. The number of thioether (sulfide) groups is 1. The average molecular weight is 342 g/mol. The van der Waals surface area contributed by atoms with Crippen molar-refractivity contribution < 1.29 is 9.26 Å². The van der Waals surface area contributed by atoms with E-state index in [4.69, 9.17) is 15.0 Å². The summed E-state index contributed by atoms with van der Waals surface area (Å²) in [6.45, 7) is 0.727. The molecule has 19 heavy (non-hydrogen) atoms. The molecule has 1 unspecified atom stereocenters. The Labute approximate surface area is 123 Å².